The number of ether oxygens (including phenoxy) is 3. The summed E-state index contributed by atoms with van der Waals surface area (Å²) in [6.45, 7) is 15.6. The Morgan fingerprint density at radius 2 is 1.74 bits per heavy atom. The molecule has 5 heteroatoms. The Hall–Kier alpha value is -0.810. The fourth-order valence-electron chi connectivity index (χ4n) is 2.40. The molecule has 5 nitrogen and oxygen atoms in total. The molecule has 0 aromatic heterocycles. The van der Waals surface area contributed by atoms with Crippen LogP contribution in [0.2, 0.25) is 0 Å². The highest BCUT2D eigenvalue weighted by atomic mass is 16.6. The van der Waals surface area contributed by atoms with Gasteiger partial charge in [0.15, 0.2) is 0 Å². The number of amides is 1. The maximum absolute atomic E-state index is 12.1. The van der Waals surface area contributed by atoms with Crippen LogP contribution in [0.1, 0.15) is 60.8 Å². The number of rotatable bonds is 7. The Balaban J connectivity index is 2.22. The van der Waals surface area contributed by atoms with E-state index >= 15 is 0 Å². The molecule has 0 atom stereocenters. The first-order valence-electron chi connectivity index (χ1n) is 8.81. The topological polar surface area (TPSA) is 48.0 Å². The monoisotopic (exact) mass is 329 g/mol. The van der Waals surface area contributed by atoms with Crippen molar-refractivity contribution >= 4 is 6.09 Å². The van der Waals surface area contributed by atoms with E-state index in [1.54, 1.807) is 4.90 Å². The number of carbonyl (C=O) groups excluding carboxylic acids is 1. The van der Waals surface area contributed by atoms with Crippen LogP contribution < -0.4 is 0 Å². The summed E-state index contributed by atoms with van der Waals surface area (Å²) in [4.78, 5) is 13.8. The second kappa shape index (κ2) is 8.88. The fraction of sp³-hybridized carbons (Fsp3) is 0.944. The van der Waals surface area contributed by atoms with Gasteiger partial charge in [-0.1, -0.05) is 13.8 Å². The van der Waals surface area contributed by atoms with Crippen LogP contribution >= 0.6 is 0 Å². The smallest absolute Gasteiger partial charge is 0.410 e. The van der Waals surface area contributed by atoms with Gasteiger partial charge in [-0.3, -0.25) is 0 Å². The number of nitrogens with zero attached hydrogens (tertiary/aromatic N) is 1. The van der Waals surface area contributed by atoms with Crippen LogP contribution in [-0.4, -0.2) is 55.1 Å². The minimum Gasteiger partial charge on any atom is -0.444 e. The van der Waals surface area contributed by atoms with E-state index in [0.717, 1.165) is 25.9 Å². The van der Waals surface area contributed by atoms with Crippen LogP contribution in [0.3, 0.4) is 0 Å². The highest BCUT2D eigenvalue weighted by Crippen LogP contribution is 2.26. The molecule has 0 aliphatic carbocycles. The Kier molecular flexibility index (Phi) is 7.81. The molecule has 1 fully saturated rings. The lowest BCUT2D eigenvalue weighted by Gasteiger charge is -2.39. The normalized spacial score (nSPS) is 18.3. The van der Waals surface area contributed by atoms with Crippen molar-refractivity contribution in [2.75, 3.05) is 32.9 Å². The van der Waals surface area contributed by atoms with Crippen LogP contribution in [0.25, 0.3) is 0 Å². The summed E-state index contributed by atoms with van der Waals surface area (Å²) in [5.41, 5.74) is -0.610. The van der Waals surface area contributed by atoms with E-state index in [2.05, 4.69) is 20.8 Å². The van der Waals surface area contributed by atoms with Crippen LogP contribution in [0, 0.1) is 5.92 Å². The van der Waals surface area contributed by atoms with Gasteiger partial charge >= 0.3 is 6.09 Å². The second-order valence-corrected chi connectivity index (χ2v) is 8.06. The Morgan fingerprint density at radius 1 is 1.13 bits per heavy atom. The van der Waals surface area contributed by atoms with E-state index in [1.165, 1.54) is 0 Å². The molecular weight excluding hydrogens is 294 g/mol. The van der Waals surface area contributed by atoms with E-state index in [1.807, 2.05) is 20.8 Å². The summed E-state index contributed by atoms with van der Waals surface area (Å²) in [6.07, 6.45) is 2.52. The van der Waals surface area contributed by atoms with E-state index in [-0.39, 0.29) is 11.7 Å². The van der Waals surface area contributed by atoms with Crippen molar-refractivity contribution in [2.24, 2.45) is 5.92 Å². The fourth-order valence-corrected chi connectivity index (χ4v) is 2.40. The van der Waals surface area contributed by atoms with Crippen molar-refractivity contribution in [3.05, 3.63) is 0 Å². The summed E-state index contributed by atoms with van der Waals surface area (Å²) < 4.78 is 17.0. The van der Waals surface area contributed by atoms with Crippen molar-refractivity contribution in [1.82, 2.24) is 4.90 Å². The van der Waals surface area contributed by atoms with Crippen molar-refractivity contribution in [3.8, 4) is 0 Å². The largest absolute Gasteiger partial charge is 0.444 e. The Labute approximate surface area is 141 Å². The molecule has 1 aliphatic rings. The molecule has 0 aromatic carbocycles. The van der Waals surface area contributed by atoms with E-state index in [9.17, 15) is 4.79 Å². The first-order valence-corrected chi connectivity index (χ1v) is 8.81. The molecule has 0 bridgehead atoms. The molecule has 1 rings (SSSR count). The maximum Gasteiger partial charge on any atom is 0.410 e. The molecule has 0 aromatic rings. The van der Waals surface area contributed by atoms with Gasteiger partial charge in [-0.25, -0.2) is 4.79 Å². The Bertz CT molecular complexity index is 355. The molecule has 1 amide bonds. The number of piperidine rings is 1. The number of likely N-dealkylation sites (tertiary alicyclic amines) is 1. The van der Waals surface area contributed by atoms with Crippen molar-refractivity contribution in [3.63, 3.8) is 0 Å². The molecule has 0 N–H and O–H groups in total. The molecule has 1 aliphatic heterocycles. The minimum absolute atomic E-state index is 0.167. The van der Waals surface area contributed by atoms with Gasteiger partial charge in [-0.15, -0.1) is 0 Å². The standard InChI is InChI=1S/C18H35NO4/c1-15(2)7-12-21-13-14-22-18(6)8-10-19(11-9-18)16(20)23-17(3,4)5/h15H,7-14H2,1-6H3. The molecule has 0 saturated carbocycles. The third kappa shape index (κ3) is 8.56. The highest BCUT2D eigenvalue weighted by molar-refractivity contribution is 5.68. The average molecular weight is 329 g/mol. The molecule has 0 unspecified atom stereocenters. The first-order chi connectivity index (χ1) is 10.6. The lowest BCUT2D eigenvalue weighted by molar-refractivity contribution is -0.0882. The quantitative estimate of drug-likeness (QED) is 0.666. The van der Waals surface area contributed by atoms with Gasteiger partial charge in [0, 0.05) is 19.7 Å². The molecule has 0 spiro atoms. The lowest BCUT2D eigenvalue weighted by Crippen LogP contribution is -2.48. The van der Waals surface area contributed by atoms with Gasteiger partial charge in [0.05, 0.1) is 18.8 Å². The van der Waals surface area contributed by atoms with Gasteiger partial charge in [-0.2, -0.15) is 0 Å². The number of hydrogen-bond acceptors (Lipinski definition) is 4. The van der Waals surface area contributed by atoms with Crippen molar-refractivity contribution < 1.29 is 19.0 Å². The van der Waals surface area contributed by atoms with Crippen LogP contribution in [0.15, 0.2) is 0 Å². The zero-order chi connectivity index (χ0) is 17.5. The maximum atomic E-state index is 12.1. The van der Waals surface area contributed by atoms with Crippen LogP contribution in [0.5, 0.6) is 0 Å². The zero-order valence-corrected chi connectivity index (χ0v) is 15.8. The van der Waals surface area contributed by atoms with Crippen molar-refractivity contribution in [2.45, 2.75) is 72.0 Å². The summed E-state index contributed by atoms with van der Waals surface area (Å²) in [5.74, 6) is 0.672. The molecule has 23 heavy (non-hydrogen) atoms. The predicted molar refractivity (Wildman–Crippen MR) is 91.7 cm³/mol. The highest BCUT2D eigenvalue weighted by Gasteiger charge is 2.34. The van der Waals surface area contributed by atoms with Gasteiger partial charge in [0.2, 0.25) is 0 Å². The van der Waals surface area contributed by atoms with E-state index < -0.39 is 5.60 Å². The number of hydrogen-bond donors (Lipinski definition) is 0. The SMILES string of the molecule is CC(C)CCOCCOC1(C)CCN(C(=O)OC(C)(C)C)CC1. The van der Waals surface area contributed by atoms with E-state index in [4.69, 9.17) is 14.2 Å². The van der Waals surface area contributed by atoms with Gasteiger partial charge in [0.25, 0.3) is 0 Å². The van der Waals surface area contributed by atoms with Gasteiger partial charge in [0.1, 0.15) is 5.60 Å². The number of carbonyl (C=O) groups is 1. The minimum atomic E-state index is -0.443. The third-order valence-corrected chi connectivity index (χ3v) is 3.99. The van der Waals surface area contributed by atoms with Crippen LogP contribution in [0.4, 0.5) is 4.79 Å². The van der Waals surface area contributed by atoms with Gasteiger partial charge in [-0.05, 0) is 52.9 Å². The first kappa shape index (κ1) is 20.2. The average Bonchev–Trinajstić information content (AvgIpc) is 2.41. The summed E-state index contributed by atoms with van der Waals surface area (Å²) >= 11 is 0. The molecular formula is C18H35NO4. The van der Waals surface area contributed by atoms with Gasteiger partial charge < -0.3 is 19.1 Å². The summed E-state index contributed by atoms with van der Waals surface area (Å²) in [6, 6.07) is 0. The molecule has 136 valence electrons. The third-order valence-electron chi connectivity index (χ3n) is 3.99. The lowest BCUT2D eigenvalue weighted by atomic mass is 9.93. The molecule has 1 heterocycles. The van der Waals surface area contributed by atoms with Crippen molar-refractivity contribution in [1.29, 1.82) is 0 Å². The van der Waals surface area contributed by atoms with E-state index in [0.29, 0.717) is 32.2 Å². The summed E-state index contributed by atoms with van der Waals surface area (Å²) in [5, 5.41) is 0. The molecule has 0 radical (unpaired) electrons. The van der Waals surface area contributed by atoms with Crippen LogP contribution in [-0.2, 0) is 14.2 Å². The predicted octanol–water partition coefficient (Wildman–Crippen LogP) is 3.86. The zero-order valence-electron chi connectivity index (χ0n) is 15.8. The summed E-state index contributed by atoms with van der Waals surface area (Å²) in [7, 11) is 0. The molecule has 1 saturated heterocycles. The Morgan fingerprint density at radius 3 is 2.26 bits per heavy atom. The second-order valence-electron chi connectivity index (χ2n) is 8.06.